The number of nitrogens with zero attached hydrogens (tertiary/aromatic N) is 1. The summed E-state index contributed by atoms with van der Waals surface area (Å²) >= 11 is 1.25. The van der Waals surface area contributed by atoms with Crippen LogP contribution in [-0.4, -0.2) is 10.9 Å². The van der Waals surface area contributed by atoms with E-state index in [9.17, 15) is 13.6 Å². The van der Waals surface area contributed by atoms with Crippen molar-refractivity contribution in [3.63, 3.8) is 0 Å². The Morgan fingerprint density at radius 2 is 1.84 bits per heavy atom. The highest BCUT2D eigenvalue weighted by molar-refractivity contribution is 7.14. The molecule has 0 spiro atoms. The molecule has 0 fully saturated rings. The number of hydrogen-bond acceptors (Lipinski definition) is 3. The number of amides is 1. The van der Waals surface area contributed by atoms with Crippen LogP contribution in [0.2, 0.25) is 0 Å². The fourth-order valence-electron chi connectivity index (χ4n) is 2.34. The Bertz CT molecular complexity index is 904. The average molecular weight is 358 g/mol. The molecule has 0 unspecified atom stereocenters. The van der Waals surface area contributed by atoms with Crippen molar-refractivity contribution >= 4 is 22.4 Å². The molecule has 1 aromatic heterocycles. The van der Waals surface area contributed by atoms with E-state index in [1.165, 1.54) is 16.9 Å². The van der Waals surface area contributed by atoms with Crippen LogP contribution in [0, 0.1) is 11.6 Å². The van der Waals surface area contributed by atoms with Crippen molar-refractivity contribution in [2.24, 2.45) is 0 Å². The normalized spacial score (nSPS) is 10.9. The Kier molecular flexibility index (Phi) is 4.90. The zero-order chi connectivity index (χ0) is 18.0. The molecule has 6 heteroatoms. The molecule has 3 rings (SSSR count). The summed E-state index contributed by atoms with van der Waals surface area (Å²) in [4.78, 5) is 16.5. The lowest BCUT2D eigenvalue weighted by molar-refractivity contribution is 0.102. The highest BCUT2D eigenvalue weighted by Crippen LogP contribution is 2.27. The average Bonchev–Trinajstić information content (AvgIpc) is 3.03. The van der Waals surface area contributed by atoms with E-state index in [-0.39, 0.29) is 5.56 Å². The van der Waals surface area contributed by atoms with Gasteiger partial charge >= 0.3 is 0 Å². The predicted octanol–water partition coefficient (Wildman–Crippen LogP) is 5.46. The first-order valence-corrected chi connectivity index (χ1v) is 8.64. The quantitative estimate of drug-likeness (QED) is 0.672. The van der Waals surface area contributed by atoms with Crippen LogP contribution in [0.3, 0.4) is 0 Å². The van der Waals surface area contributed by atoms with E-state index >= 15 is 0 Å². The maximum absolute atomic E-state index is 13.7. The zero-order valence-electron chi connectivity index (χ0n) is 13.7. The van der Waals surface area contributed by atoms with Gasteiger partial charge in [-0.2, -0.15) is 0 Å². The molecule has 0 atom stereocenters. The molecule has 1 amide bonds. The number of carbonyl (C=O) groups is 1. The summed E-state index contributed by atoms with van der Waals surface area (Å²) in [6, 6.07) is 10.9. The van der Waals surface area contributed by atoms with Gasteiger partial charge < -0.3 is 0 Å². The van der Waals surface area contributed by atoms with Crippen molar-refractivity contribution in [3.05, 3.63) is 70.6 Å². The van der Waals surface area contributed by atoms with E-state index in [2.05, 4.69) is 24.1 Å². The summed E-state index contributed by atoms with van der Waals surface area (Å²) in [6.07, 6.45) is 0. The van der Waals surface area contributed by atoms with Crippen molar-refractivity contribution < 1.29 is 13.6 Å². The van der Waals surface area contributed by atoms with Crippen LogP contribution < -0.4 is 5.32 Å². The highest BCUT2D eigenvalue weighted by atomic mass is 32.1. The Labute approximate surface area is 148 Å². The summed E-state index contributed by atoms with van der Waals surface area (Å²) in [5.41, 5.74) is 2.68. The third-order valence-corrected chi connectivity index (χ3v) is 4.53. The van der Waals surface area contributed by atoms with Crippen LogP contribution in [0.4, 0.5) is 13.9 Å². The van der Waals surface area contributed by atoms with Gasteiger partial charge in [-0.25, -0.2) is 13.8 Å². The smallest absolute Gasteiger partial charge is 0.260 e. The molecule has 0 aliphatic heterocycles. The molecule has 1 N–H and O–H groups in total. The monoisotopic (exact) mass is 358 g/mol. The topological polar surface area (TPSA) is 42.0 Å². The Morgan fingerprint density at radius 1 is 1.12 bits per heavy atom. The molecular weight excluding hydrogens is 342 g/mol. The number of nitrogens with one attached hydrogen (secondary N) is 1. The molecule has 25 heavy (non-hydrogen) atoms. The molecule has 0 aliphatic rings. The summed E-state index contributed by atoms with van der Waals surface area (Å²) in [6.45, 7) is 4.25. The largest absolute Gasteiger partial charge is 0.298 e. The molecule has 3 nitrogen and oxygen atoms in total. The van der Waals surface area contributed by atoms with E-state index in [0.29, 0.717) is 17.1 Å². The molecule has 0 bridgehead atoms. The molecule has 0 aliphatic carbocycles. The van der Waals surface area contributed by atoms with Gasteiger partial charge in [0.15, 0.2) is 5.13 Å². The van der Waals surface area contributed by atoms with Crippen molar-refractivity contribution in [2.45, 2.75) is 19.8 Å². The van der Waals surface area contributed by atoms with Crippen molar-refractivity contribution in [3.8, 4) is 11.3 Å². The molecule has 2 aromatic carbocycles. The Hall–Kier alpha value is -2.60. The molecular formula is C19H16F2N2OS. The van der Waals surface area contributed by atoms with E-state index < -0.39 is 17.5 Å². The number of anilines is 1. The third kappa shape index (κ3) is 3.91. The van der Waals surface area contributed by atoms with E-state index in [1.54, 1.807) is 0 Å². The fraction of sp³-hybridized carbons (Fsp3) is 0.158. The summed E-state index contributed by atoms with van der Waals surface area (Å²) in [5, 5.41) is 4.72. The second-order valence-electron chi connectivity index (χ2n) is 5.89. The van der Waals surface area contributed by atoms with Crippen LogP contribution in [0.5, 0.6) is 0 Å². The van der Waals surface area contributed by atoms with Gasteiger partial charge in [0.1, 0.15) is 11.6 Å². The van der Waals surface area contributed by atoms with Crippen LogP contribution in [0.1, 0.15) is 35.7 Å². The van der Waals surface area contributed by atoms with E-state index in [0.717, 1.165) is 23.4 Å². The fourth-order valence-corrected chi connectivity index (χ4v) is 3.06. The van der Waals surface area contributed by atoms with Gasteiger partial charge in [0.25, 0.3) is 5.91 Å². The van der Waals surface area contributed by atoms with Gasteiger partial charge in [-0.05, 0) is 23.6 Å². The Morgan fingerprint density at radius 3 is 2.48 bits per heavy atom. The second-order valence-corrected chi connectivity index (χ2v) is 6.75. The van der Waals surface area contributed by atoms with Crippen molar-refractivity contribution in [1.29, 1.82) is 0 Å². The van der Waals surface area contributed by atoms with Gasteiger partial charge in [0, 0.05) is 17.0 Å². The molecule has 0 radical (unpaired) electrons. The molecule has 1 heterocycles. The summed E-state index contributed by atoms with van der Waals surface area (Å²) < 4.78 is 26.6. The standard InChI is InChI=1S/C19H16F2N2OS/c1-11(2)12-3-5-13(6-4-12)17-10-25-19(22-17)23-18(24)15-8-7-14(20)9-16(15)21/h3-11H,1-2H3,(H,22,23,24). The van der Waals surface area contributed by atoms with Crippen LogP contribution >= 0.6 is 11.3 Å². The lowest BCUT2D eigenvalue weighted by Gasteiger charge is -2.05. The van der Waals surface area contributed by atoms with Crippen LogP contribution in [0.15, 0.2) is 47.8 Å². The number of thiazole rings is 1. The lowest BCUT2D eigenvalue weighted by atomic mass is 10.0. The zero-order valence-corrected chi connectivity index (χ0v) is 14.5. The van der Waals surface area contributed by atoms with Crippen LogP contribution in [0.25, 0.3) is 11.3 Å². The number of aromatic nitrogens is 1. The first-order chi connectivity index (χ1) is 11.9. The van der Waals surface area contributed by atoms with Gasteiger partial charge in [-0.1, -0.05) is 38.1 Å². The first-order valence-electron chi connectivity index (χ1n) is 7.76. The maximum atomic E-state index is 13.7. The minimum Gasteiger partial charge on any atom is -0.298 e. The Balaban J connectivity index is 1.76. The van der Waals surface area contributed by atoms with Gasteiger partial charge in [-0.15, -0.1) is 11.3 Å². The van der Waals surface area contributed by atoms with E-state index in [4.69, 9.17) is 0 Å². The second kappa shape index (κ2) is 7.11. The number of benzene rings is 2. The van der Waals surface area contributed by atoms with E-state index in [1.807, 2.05) is 29.6 Å². The molecule has 128 valence electrons. The lowest BCUT2D eigenvalue weighted by Crippen LogP contribution is -2.13. The van der Waals surface area contributed by atoms with Gasteiger partial charge in [-0.3, -0.25) is 10.1 Å². The first kappa shape index (κ1) is 17.2. The van der Waals surface area contributed by atoms with Gasteiger partial charge in [0.05, 0.1) is 11.3 Å². The maximum Gasteiger partial charge on any atom is 0.260 e. The minimum atomic E-state index is -0.904. The minimum absolute atomic E-state index is 0.223. The van der Waals surface area contributed by atoms with Crippen LogP contribution in [-0.2, 0) is 0 Å². The predicted molar refractivity (Wildman–Crippen MR) is 96.0 cm³/mol. The SMILES string of the molecule is CC(C)c1ccc(-c2csc(NC(=O)c3ccc(F)cc3F)n2)cc1. The number of halogens is 2. The molecule has 3 aromatic rings. The third-order valence-electron chi connectivity index (χ3n) is 3.77. The van der Waals surface area contributed by atoms with Gasteiger partial charge in [0.2, 0.25) is 0 Å². The van der Waals surface area contributed by atoms with Crippen molar-refractivity contribution in [1.82, 2.24) is 4.98 Å². The summed E-state index contributed by atoms with van der Waals surface area (Å²) in [5.74, 6) is -1.84. The number of carbonyl (C=O) groups excluding carboxylic acids is 1. The number of hydrogen-bond donors (Lipinski definition) is 1. The number of rotatable bonds is 4. The van der Waals surface area contributed by atoms with Crippen molar-refractivity contribution in [2.75, 3.05) is 5.32 Å². The molecule has 0 saturated heterocycles. The molecule has 0 saturated carbocycles. The highest BCUT2D eigenvalue weighted by Gasteiger charge is 2.14. The summed E-state index contributed by atoms with van der Waals surface area (Å²) in [7, 11) is 0.